The van der Waals surface area contributed by atoms with E-state index < -0.39 is 0 Å². The third-order valence-electron chi connectivity index (χ3n) is 3.18. The van der Waals surface area contributed by atoms with Gasteiger partial charge in [0.25, 0.3) is 0 Å². The van der Waals surface area contributed by atoms with Crippen molar-refractivity contribution in [1.29, 1.82) is 0 Å². The number of nitrogens with one attached hydrogen (secondary N) is 1. The minimum Gasteiger partial charge on any atom is -0.396 e. The van der Waals surface area contributed by atoms with Gasteiger partial charge >= 0.3 is 0 Å². The molecule has 1 aliphatic rings. The van der Waals surface area contributed by atoms with Crippen LogP contribution in [0, 0.1) is 5.92 Å². The molecule has 0 aromatic carbocycles. The van der Waals surface area contributed by atoms with Crippen molar-refractivity contribution < 1.29 is 9.84 Å². The van der Waals surface area contributed by atoms with Gasteiger partial charge in [0.05, 0.1) is 6.10 Å². The predicted molar refractivity (Wildman–Crippen MR) is 61.9 cm³/mol. The van der Waals surface area contributed by atoms with Crippen LogP contribution in [0.15, 0.2) is 0 Å². The highest BCUT2D eigenvalue weighted by Crippen LogP contribution is 2.16. The van der Waals surface area contributed by atoms with E-state index in [1.165, 1.54) is 0 Å². The molecule has 0 amide bonds. The SMILES string of the molecule is CC1CC(NC(CCO)C(C)C)CCO1. The van der Waals surface area contributed by atoms with Gasteiger partial charge in [-0.25, -0.2) is 0 Å². The van der Waals surface area contributed by atoms with Gasteiger partial charge in [-0.15, -0.1) is 0 Å². The van der Waals surface area contributed by atoms with E-state index in [-0.39, 0.29) is 6.61 Å². The fourth-order valence-electron chi connectivity index (χ4n) is 2.20. The van der Waals surface area contributed by atoms with Crippen LogP contribution in [-0.2, 0) is 4.74 Å². The number of aliphatic hydroxyl groups excluding tert-OH is 1. The van der Waals surface area contributed by atoms with E-state index in [4.69, 9.17) is 9.84 Å². The highest BCUT2D eigenvalue weighted by atomic mass is 16.5. The Bertz CT molecular complexity index is 173. The molecular formula is C12H25NO2. The minimum atomic E-state index is 0.272. The molecule has 90 valence electrons. The van der Waals surface area contributed by atoms with Crippen molar-refractivity contribution in [3.05, 3.63) is 0 Å². The molecule has 1 aliphatic heterocycles. The van der Waals surface area contributed by atoms with Crippen LogP contribution < -0.4 is 5.32 Å². The molecule has 3 nitrogen and oxygen atoms in total. The van der Waals surface area contributed by atoms with Gasteiger partial charge in [0.1, 0.15) is 0 Å². The molecule has 3 unspecified atom stereocenters. The van der Waals surface area contributed by atoms with E-state index in [9.17, 15) is 0 Å². The van der Waals surface area contributed by atoms with Crippen LogP contribution in [0.2, 0.25) is 0 Å². The fourth-order valence-corrected chi connectivity index (χ4v) is 2.20. The van der Waals surface area contributed by atoms with Crippen molar-refractivity contribution in [2.24, 2.45) is 5.92 Å². The highest BCUT2D eigenvalue weighted by Gasteiger charge is 2.23. The zero-order chi connectivity index (χ0) is 11.3. The Hall–Kier alpha value is -0.120. The van der Waals surface area contributed by atoms with Crippen molar-refractivity contribution in [1.82, 2.24) is 5.32 Å². The first-order valence-corrected chi connectivity index (χ1v) is 6.12. The van der Waals surface area contributed by atoms with Gasteiger partial charge in [0.2, 0.25) is 0 Å². The molecule has 1 rings (SSSR count). The average Bonchev–Trinajstić information content (AvgIpc) is 2.17. The predicted octanol–water partition coefficient (Wildman–Crippen LogP) is 1.55. The van der Waals surface area contributed by atoms with Crippen molar-refractivity contribution in [2.45, 2.75) is 58.2 Å². The smallest absolute Gasteiger partial charge is 0.0561 e. The van der Waals surface area contributed by atoms with E-state index in [1.807, 2.05) is 0 Å². The first kappa shape index (κ1) is 12.9. The minimum absolute atomic E-state index is 0.272. The van der Waals surface area contributed by atoms with Crippen LogP contribution in [0.25, 0.3) is 0 Å². The maximum absolute atomic E-state index is 9.00. The maximum Gasteiger partial charge on any atom is 0.0561 e. The second-order valence-corrected chi connectivity index (χ2v) is 4.93. The molecular weight excluding hydrogens is 190 g/mol. The van der Waals surface area contributed by atoms with Crippen molar-refractivity contribution in [3.8, 4) is 0 Å². The van der Waals surface area contributed by atoms with E-state index in [1.54, 1.807) is 0 Å². The van der Waals surface area contributed by atoms with Gasteiger partial charge < -0.3 is 15.2 Å². The second kappa shape index (κ2) is 6.46. The molecule has 0 aromatic rings. The van der Waals surface area contributed by atoms with Crippen LogP contribution in [0.5, 0.6) is 0 Å². The van der Waals surface area contributed by atoms with Gasteiger partial charge in [-0.1, -0.05) is 13.8 Å². The molecule has 2 N–H and O–H groups in total. The highest BCUT2D eigenvalue weighted by molar-refractivity contribution is 4.80. The fraction of sp³-hybridized carbons (Fsp3) is 1.00. The Kier molecular flexibility index (Phi) is 5.58. The average molecular weight is 215 g/mol. The normalized spacial score (nSPS) is 29.4. The van der Waals surface area contributed by atoms with Crippen LogP contribution in [0.3, 0.4) is 0 Å². The van der Waals surface area contributed by atoms with Crippen LogP contribution in [0.4, 0.5) is 0 Å². The molecule has 0 aliphatic carbocycles. The molecule has 0 aromatic heterocycles. The van der Waals surface area contributed by atoms with Gasteiger partial charge in [-0.05, 0) is 32.1 Å². The quantitative estimate of drug-likeness (QED) is 0.731. The van der Waals surface area contributed by atoms with E-state index in [2.05, 4.69) is 26.1 Å². The van der Waals surface area contributed by atoms with E-state index in [0.29, 0.717) is 24.1 Å². The van der Waals surface area contributed by atoms with Gasteiger partial charge in [-0.2, -0.15) is 0 Å². The molecule has 15 heavy (non-hydrogen) atoms. The van der Waals surface area contributed by atoms with Crippen LogP contribution in [0.1, 0.15) is 40.0 Å². The Morgan fingerprint density at radius 1 is 1.47 bits per heavy atom. The standard InChI is InChI=1S/C12H25NO2/c1-9(2)12(4-6-14)13-11-5-7-15-10(3)8-11/h9-14H,4-8H2,1-3H3. The third kappa shape index (κ3) is 4.49. The van der Waals surface area contributed by atoms with Crippen LogP contribution in [-0.4, -0.2) is 36.5 Å². The number of rotatable bonds is 5. The summed E-state index contributed by atoms with van der Waals surface area (Å²) in [4.78, 5) is 0. The summed E-state index contributed by atoms with van der Waals surface area (Å²) in [7, 11) is 0. The summed E-state index contributed by atoms with van der Waals surface area (Å²) in [5.74, 6) is 0.579. The van der Waals surface area contributed by atoms with Crippen LogP contribution >= 0.6 is 0 Å². The monoisotopic (exact) mass is 215 g/mol. The summed E-state index contributed by atoms with van der Waals surface area (Å²) in [5.41, 5.74) is 0. The topological polar surface area (TPSA) is 41.5 Å². The lowest BCUT2D eigenvalue weighted by molar-refractivity contribution is 0.00940. The number of ether oxygens (including phenoxy) is 1. The third-order valence-corrected chi connectivity index (χ3v) is 3.18. The summed E-state index contributed by atoms with van der Waals surface area (Å²) in [6, 6.07) is 0.998. The van der Waals surface area contributed by atoms with Crippen molar-refractivity contribution >= 4 is 0 Å². The molecule has 1 heterocycles. The van der Waals surface area contributed by atoms with Gasteiger partial charge in [-0.3, -0.25) is 0 Å². The summed E-state index contributed by atoms with van der Waals surface area (Å²) >= 11 is 0. The second-order valence-electron chi connectivity index (χ2n) is 4.93. The maximum atomic E-state index is 9.00. The van der Waals surface area contributed by atoms with Crippen molar-refractivity contribution in [3.63, 3.8) is 0 Å². The first-order valence-electron chi connectivity index (χ1n) is 6.12. The lowest BCUT2D eigenvalue weighted by Gasteiger charge is -2.33. The summed E-state index contributed by atoms with van der Waals surface area (Å²) in [5, 5.41) is 12.6. The zero-order valence-electron chi connectivity index (χ0n) is 10.2. The lowest BCUT2D eigenvalue weighted by Crippen LogP contribution is -2.46. The Balaban J connectivity index is 2.35. The zero-order valence-corrected chi connectivity index (χ0v) is 10.2. The van der Waals surface area contributed by atoms with Crippen molar-refractivity contribution in [2.75, 3.05) is 13.2 Å². The van der Waals surface area contributed by atoms with Gasteiger partial charge in [0, 0.05) is 25.3 Å². The molecule has 1 saturated heterocycles. The Morgan fingerprint density at radius 3 is 2.73 bits per heavy atom. The summed E-state index contributed by atoms with van der Waals surface area (Å²) in [6.45, 7) is 7.67. The summed E-state index contributed by atoms with van der Waals surface area (Å²) in [6.07, 6.45) is 3.41. The summed E-state index contributed by atoms with van der Waals surface area (Å²) < 4.78 is 5.52. The van der Waals surface area contributed by atoms with E-state index in [0.717, 1.165) is 25.9 Å². The number of aliphatic hydroxyl groups is 1. The molecule has 1 fully saturated rings. The first-order chi connectivity index (χ1) is 7.13. The lowest BCUT2D eigenvalue weighted by atomic mass is 9.97. The number of hydrogen-bond acceptors (Lipinski definition) is 3. The largest absolute Gasteiger partial charge is 0.396 e. The van der Waals surface area contributed by atoms with Gasteiger partial charge in [0.15, 0.2) is 0 Å². The Morgan fingerprint density at radius 2 is 2.20 bits per heavy atom. The molecule has 3 atom stereocenters. The number of hydrogen-bond donors (Lipinski definition) is 2. The molecule has 0 bridgehead atoms. The van der Waals surface area contributed by atoms with E-state index >= 15 is 0 Å². The molecule has 0 saturated carbocycles. The molecule has 0 radical (unpaired) electrons. The Labute approximate surface area is 93.2 Å². The molecule has 0 spiro atoms. The molecule has 3 heteroatoms.